The van der Waals surface area contributed by atoms with Crippen molar-refractivity contribution >= 4 is 16.5 Å². The minimum Gasteiger partial charge on any atom is -0.399 e. The highest BCUT2D eigenvalue weighted by atomic mass is 32.2. The lowest BCUT2D eigenvalue weighted by Crippen LogP contribution is -1.99. The molecule has 2 rings (SSSR count). The number of aryl methyl sites for hydroxylation is 2. The molecule has 1 atom stereocenters. The monoisotopic (exact) mass is 277 g/mol. The lowest BCUT2D eigenvalue weighted by molar-refractivity contribution is 0.623. The van der Waals surface area contributed by atoms with Gasteiger partial charge in [0.25, 0.3) is 0 Å². The Labute approximate surface area is 114 Å². The topological polar surface area (TPSA) is 43.1 Å². The average Bonchev–Trinajstić information content (AvgIpc) is 2.32. The van der Waals surface area contributed by atoms with Crippen LogP contribution in [-0.2, 0) is 16.6 Å². The molecule has 2 N–H and O–H groups in total. The average molecular weight is 277 g/mol. The number of rotatable bonds is 3. The number of anilines is 1. The first-order valence-corrected chi connectivity index (χ1v) is 7.28. The van der Waals surface area contributed by atoms with Crippen LogP contribution in [0.15, 0.2) is 41.3 Å². The van der Waals surface area contributed by atoms with E-state index >= 15 is 0 Å². The number of benzene rings is 2. The maximum absolute atomic E-state index is 13.2. The fraction of sp³-hybridized carbons (Fsp3) is 0.200. The van der Waals surface area contributed by atoms with Crippen molar-refractivity contribution in [2.24, 2.45) is 0 Å². The predicted molar refractivity (Wildman–Crippen MR) is 76.8 cm³/mol. The van der Waals surface area contributed by atoms with Crippen LogP contribution in [0.2, 0.25) is 0 Å². The summed E-state index contributed by atoms with van der Waals surface area (Å²) in [5.74, 6) is -0.0901. The summed E-state index contributed by atoms with van der Waals surface area (Å²) in [6.07, 6.45) is 0. The first kappa shape index (κ1) is 13.7. The Kier molecular flexibility index (Phi) is 4.00. The molecule has 0 saturated carbocycles. The molecular weight excluding hydrogens is 261 g/mol. The van der Waals surface area contributed by atoms with Crippen LogP contribution in [0.1, 0.15) is 16.7 Å². The summed E-state index contributed by atoms with van der Waals surface area (Å²) >= 11 is 0. The lowest BCUT2D eigenvalue weighted by Gasteiger charge is -2.06. The Balaban J connectivity index is 2.22. The lowest BCUT2D eigenvalue weighted by atomic mass is 10.1. The molecule has 0 bridgehead atoms. The van der Waals surface area contributed by atoms with E-state index in [9.17, 15) is 8.60 Å². The smallest absolute Gasteiger partial charge is 0.126 e. The number of nitrogens with two attached hydrogens (primary N) is 1. The predicted octanol–water partition coefficient (Wildman–Crippen LogP) is 3.33. The van der Waals surface area contributed by atoms with Crippen LogP contribution >= 0.6 is 0 Å². The second kappa shape index (κ2) is 5.53. The van der Waals surface area contributed by atoms with E-state index in [1.807, 2.05) is 32.0 Å². The van der Waals surface area contributed by atoms with Gasteiger partial charge in [0, 0.05) is 10.6 Å². The highest BCUT2D eigenvalue weighted by Crippen LogP contribution is 2.18. The quantitative estimate of drug-likeness (QED) is 0.874. The van der Waals surface area contributed by atoms with E-state index < -0.39 is 16.6 Å². The van der Waals surface area contributed by atoms with Crippen molar-refractivity contribution in [2.75, 3.05) is 5.73 Å². The summed E-state index contributed by atoms with van der Waals surface area (Å²) in [6, 6.07) is 10.0. The van der Waals surface area contributed by atoms with Gasteiger partial charge in [-0.05, 0) is 48.7 Å². The van der Waals surface area contributed by atoms with E-state index in [2.05, 4.69) is 0 Å². The maximum atomic E-state index is 13.2. The van der Waals surface area contributed by atoms with Gasteiger partial charge in [-0.2, -0.15) is 0 Å². The number of hydrogen-bond donors (Lipinski definition) is 1. The van der Waals surface area contributed by atoms with Crippen molar-refractivity contribution in [3.63, 3.8) is 0 Å². The molecule has 19 heavy (non-hydrogen) atoms. The van der Waals surface area contributed by atoms with Gasteiger partial charge in [-0.3, -0.25) is 4.21 Å². The summed E-state index contributed by atoms with van der Waals surface area (Å²) in [6.45, 7) is 4.05. The maximum Gasteiger partial charge on any atom is 0.126 e. The van der Waals surface area contributed by atoms with E-state index in [1.54, 1.807) is 6.07 Å². The molecule has 100 valence electrons. The van der Waals surface area contributed by atoms with Crippen LogP contribution in [0.4, 0.5) is 10.1 Å². The third-order valence-corrected chi connectivity index (χ3v) is 4.38. The van der Waals surface area contributed by atoms with Crippen molar-refractivity contribution in [3.8, 4) is 0 Å². The van der Waals surface area contributed by atoms with Gasteiger partial charge in [0.1, 0.15) is 5.82 Å². The van der Waals surface area contributed by atoms with E-state index in [1.165, 1.54) is 17.7 Å². The Morgan fingerprint density at radius 1 is 1.11 bits per heavy atom. The van der Waals surface area contributed by atoms with E-state index in [0.717, 1.165) is 11.1 Å². The molecular formula is C15H16FNOS. The highest BCUT2D eigenvalue weighted by molar-refractivity contribution is 7.84. The molecule has 0 aliphatic rings. The zero-order valence-electron chi connectivity index (χ0n) is 10.9. The minimum atomic E-state index is -1.29. The molecule has 0 saturated heterocycles. The van der Waals surface area contributed by atoms with Gasteiger partial charge < -0.3 is 5.73 Å². The Bertz CT molecular complexity index is 620. The molecule has 0 amide bonds. The van der Waals surface area contributed by atoms with Crippen molar-refractivity contribution in [1.82, 2.24) is 0 Å². The first-order valence-electron chi connectivity index (χ1n) is 5.96. The third kappa shape index (κ3) is 3.41. The van der Waals surface area contributed by atoms with E-state index in [-0.39, 0.29) is 0 Å². The van der Waals surface area contributed by atoms with Crippen molar-refractivity contribution in [2.45, 2.75) is 24.5 Å². The van der Waals surface area contributed by atoms with Crippen molar-refractivity contribution < 1.29 is 8.60 Å². The first-order chi connectivity index (χ1) is 8.95. The fourth-order valence-corrected chi connectivity index (χ4v) is 3.00. The Morgan fingerprint density at radius 3 is 2.47 bits per heavy atom. The molecule has 0 aromatic heterocycles. The summed E-state index contributed by atoms with van der Waals surface area (Å²) < 4.78 is 25.4. The third-order valence-electron chi connectivity index (χ3n) is 3.03. The summed E-state index contributed by atoms with van der Waals surface area (Å²) in [4.78, 5) is 0.427. The van der Waals surface area contributed by atoms with Crippen molar-refractivity contribution in [3.05, 3.63) is 58.9 Å². The van der Waals surface area contributed by atoms with E-state index in [0.29, 0.717) is 16.3 Å². The van der Waals surface area contributed by atoms with Gasteiger partial charge in [0.15, 0.2) is 0 Å². The van der Waals surface area contributed by atoms with Crippen LogP contribution in [0.3, 0.4) is 0 Å². The van der Waals surface area contributed by atoms with Crippen LogP contribution in [0.25, 0.3) is 0 Å². The number of halogens is 1. The molecule has 0 aliphatic carbocycles. The summed E-state index contributed by atoms with van der Waals surface area (Å²) in [5, 5.41) is 0. The Morgan fingerprint density at radius 2 is 1.84 bits per heavy atom. The molecule has 0 radical (unpaired) electrons. The molecule has 2 nitrogen and oxygen atoms in total. The van der Waals surface area contributed by atoms with Gasteiger partial charge in [0.05, 0.1) is 16.6 Å². The molecule has 0 heterocycles. The van der Waals surface area contributed by atoms with Crippen LogP contribution in [0, 0.1) is 19.7 Å². The largest absolute Gasteiger partial charge is 0.399 e. The summed E-state index contributed by atoms with van der Waals surface area (Å²) in [7, 11) is -1.29. The van der Waals surface area contributed by atoms with Crippen LogP contribution in [-0.4, -0.2) is 4.21 Å². The second-order valence-corrected chi connectivity index (χ2v) is 6.08. The Hall–Kier alpha value is -1.68. The van der Waals surface area contributed by atoms with Gasteiger partial charge in [0.2, 0.25) is 0 Å². The number of nitrogen functional groups attached to an aromatic ring is 1. The molecule has 0 spiro atoms. The molecule has 2 aromatic carbocycles. The SMILES string of the molecule is Cc1ccc(CS(=O)c2cc(N)cc(F)c2)cc1C. The fourth-order valence-electron chi connectivity index (χ4n) is 1.84. The van der Waals surface area contributed by atoms with E-state index in [4.69, 9.17) is 5.73 Å². The zero-order chi connectivity index (χ0) is 14.0. The summed E-state index contributed by atoms with van der Waals surface area (Å²) in [5.41, 5.74) is 9.19. The van der Waals surface area contributed by atoms with Gasteiger partial charge >= 0.3 is 0 Å². The van der Waals surface area contributed by atoms with Gasteiger partial charge in [-0.1, -0.05) is 18.2 Å². The highest BCUT2D eigenvalue weighted by Gasteiger charge is 2.08. The second-order valence-electron chi connectivity index (χ2n) is 4.63. The normalized spacial score (nSPS) is 12.4. The minimum absolute atomic E-state index is 0.295. The van der Waals surface area contributed by atoms with Crippen molar-refractivity contribution in [1.29, 1.82) is 0 Å². The van der Waals surface area contributed by atoms with Gasteiger partial charge in [-0.15, -0.1) is 0 Å². The van der Waals surface area contributed by atoms with Crippen LogP contribution in [0.5, 0.6) is 0 Å². The molecule has 1 unspecified atom stereocenters. The van der Waals surface area contributed by atoms with Crippen LogP contribution < -0.4 is 5.73 Å². The van der Waals surface area contributed by atoms with Gasteiger partial charge in [-0.25, -0.2) is 4.39 Å². The molecule has 4 heteroatoms. The standard InChI is InChI=1S/C15H16FNOS/c1-10-3-4-12(5-11(10)2)9-19(18)15-7-13(16)6-14(17)8-15/h3-8H,9,17H2,1-2H3. The number of hydrogen-bond acceptors (Lipinski definition) is 2. The molecule has 0 fully saturated rings. The molecule has 0 aliphatic heterocycles. The zero-order valence-corrected chi connectivity index (χ0v) is 11.8. The molecule has 2 aromatic rings.